The summed E-state index contributed by atoms with van der Waals surface area (Å²) in [7, 11) is 0. The van der Waals surface area contributed by atoms with E-state index >= 15 is 0 Å². The van der Waals surface area contributed by atoms with Crippen molar-refractivity contribution in [3.05, 3.63) is 53.9 Å². The summed E-state index contributed by atoms with van der Waals surface area (Å²) in [4.78, 5) is 15.9. The highest BCUT2D eigenvalue weighted by molar-refractivity contribution is 5.90. The molecule has 5 nitrogen and oxygen atoms in total. The fraction of sp³-hybridized carbons (Fsp3) is 0.250. The van der Waals surface area contributed by atoms with Crippen LogP contribution < -0.4 is 15.4 Å². The SMILES string of the molecule is CCOc1ccc(NC(=O)NCc2cccnc2)c(C)c1. The molecule has 0 atom stereocenters. The molecule has 0 aliphatic carbocycles. The molecule has 0 saturated carbocycles. The standard InChI is InChI=1S/C16H19N3O2/c1-3-21-14-6-7-15(12(2)9-14)19-16(20)18-11-13-5-4-8-17-10-13/h4-10H,3,11H2,1-2H3,(H2,18,19,20). The lowest BCUT2D eigenvalue weighted by atomic mass is 10.2. The molecule has 0 aliphatic heterocycles. The van der Waals surface area contributed by atoms with Crippen LogP contribution in [-0.2, 0) is 6.54 Å². The predicted molar refractivity (Wildman–Crippen MR) is 82.4 cm³/mol. The molecule has 0 spiro atoms. The highest BCUT2D eigenvalue weighted by atomic mass is 16.5. The Morgan fingerprint density at radius 3 is 2.86 bits per heavy atom. The maximum atomic E-state index is 11.9. The van der Waals surface area contributed by atoms with Gasteiger partial charge in [-0.2, -0.15) is 0 Å². The Morgan fingerprint density at radius 1 is 1.33 bits per heavy atom. The molecule has 2 rings (SSSR count). The molecule has 2 amide bonds. The first-order chi connectivity index (χ1) is 10.2. The number of anilines is 1. The average molecular weight is 285 g/mol. The Hall–Kier alpha value is -2.56. The maximum Gasteiger partial charge on any atom is 0.319 e. The second kappa shape index (κ2) is 7.28. The second-order valence-electron chi connectivity index (χ2n) is 4.58. The van der Waals surface area contributed by atoms with Gasteiger partial charge in [0.25, 0.3) is 0 Å². The first-order valence-corrected chi connectivity index (χ1v) is 6.86. The van der Waals surface area contributed by atoms with Crippen LogP contribution in [0.5, 0.6) is 5.75 Å². The van der Waals surface area contributed by atoms with E-state index in [-0.39, 0.29) is 6.03 Å². The van der Waals surface area contributed by atoms with Crippen LogP contribution in [0.2, 0.25) is 0 Å². The van der Waals surface area contributed by atoms with Crippen LogP contribution in [0.1, 0.15) is 18.1 Å². The molecule has 1 heterocycles. The number of nitrogens with zero attached hydrogens (tertiary/aromatic N) is 1. The zero-order valence-corrected chi connectivity index (χ0v) is 12.2. The van der Waals surface area contributed by atoms with Crippen molar-refractivity contribution < 1.29 is 9.53 Å². The summed E-state index contributed by atoms with van der Waals surface area (Å²) in [6.07, 6.45) is 3.43. The van der Waals surface area contributed by atoms with E-state index in [1.165, 1.54) is 0 Å². The molecule has 0 saturated heterocycles. The number of rotatable bonds is 5. The van der Waals surface area contributed by atoms with Gasteiger partial charge in [-0.05, 0) is 49.2 Å². The number of nitrogens with one attached hydrogen (secondary N) is 2. The number of urea groups is 1. The molecule has 0 fully saturated rings. The molecule has 0 unspecified atom stereocenters. The quantitative estimate of drug-likeness (QED) is 0.887. The molecule has 2 N–H and O–H groups in total. The summed E-state index contributed by atoms with van der Waals surface area (Å²) in [6.45, 7) is 4.93. The minimum atomic E-state index is -0.244. The molecule has 0 radical (unpaired) electrons. The first kappa shape index (κ1) is 14.8. The third-order valence-corrected chi connectivity index (χ3v) is 2.93. The predicted octanol–water partition coefficient (Wildman–Crippen LogP) is 3.11. The zero-order chi connectivity index (χ0) is 15.1. The van der Waals surface area contributed by atoms with Gasteiger partial charge in [0, 0.05) is 24.6 Å². The van der Waals surface area contributed by atoms with E-state index in [4.69, 9.17) is 4.74 Å². The van der Waals surface area contributed by atoms with Gasteiger partial charge in [-0.15, -0.1) is 0 Å². The van der Waals surface area contributed by atoms with Gasteiger partial charge in [-0.1, -0.05) is 6.07 Å². The highest BCUT2D eigenvalue weighted by Crippen LogP contribution is 2.21. The van der Waals surface area contributed by atoms with Crippen molar-refractivity contribution in [2.24, 2.45) is 0 Å². The van der Waals surface area contributed by atoms with E-state index in [2.05, 4.69) is 15.6 Å². The summed E-state index contributed by atoms with van der Waals surface area (Å²) < 4.78 is 5.42. The minimum absolute atomic E-state index is 0.244. The third kappa shape index (κ3) is 4.49. The third-order valence-electron chi connectivity index (χ3n) is 2.93. The first-order valence-electron chi connectivity index (χ1n) is 6.86. The van der Waals surface area contributed by atoms with Crippen LogP contribution in [0.15, 0.2) is 42.7 Å². The molecule has 21 heavy (non-hydrogen) atoms. The van der Waals surface area contributed by atoms with Gasteiger partial charge in [-0.25, -0.2) is 4.79 Å². The van der Waals surface area contributed by atoms with Gasteiger partial charge in [0.05, 0.1) is 6.61 Å². The largest absolute Gasteiger partial charge is 0.494 e. The molecule has 0 bridgehead atoms. The number of benzene rings is 1. The Kier molecular flexibility index (Phi) is 5.15. The number of amides is 2. The molecule has 1 aromatic carbocycles. The van der Waals surface area contributed by atoms with E-state index in [0.29, 0.717) is 13.2 Å². The van der Waals surface area contributed by atoms with E-state index in [1.54, 1.807) is 12.4 Å². The van der Waals surface area contributed by atoms with Crippen molar-refractivity contribution in [2.75, 3.05) is 11.9 Å². The Labute approximate surface area is 124 Å². The van der Waals surface area contributed by atoms with Gasteiger partial charge in [0.1, 0.15) is 5.75 Å². The van der Waals surface area contributed by atoms with Crippen LogP contribution in [0.25, 0.3) is 0 Å². The van der Waals surface area contributed by atoms with Crippen molar-refractivity contribution in [2.45, 2.75) is 20.4 Å². The number of ether oxygens (including phenoxy) is 1. The minimum Gasteiger partial charge on any atom is -0.494 e. The Bertz CT molecular complexity index is 600. The Balaban J connectivity index is 1.90. The number of aromatic nitrogens is 1. The van der Waals surface area contributed by atoms with Crippen LogP contribution in [-0.4, -0.2) is 17.6 Å². The fourth-order valence-corrected chi connectivity index (χ4v) is 1.88. The number of carbonyl (C=O) groups is 1. The maximum absolute atomic E-state index is 11.9. The zero-order valence-electron chi connectivity index (χ0n) is 12.2. The molecule has 2 aromatic rings. The van der Waals surface area contributed by atoms with Gasteiger partial charge in [0.2, 0.25) is 0 Å². The Morgan fingerprint density at radius 2 is 2.19 bits per heavy atom. The molecule has 0 aliphatic rings. The van der Waals surface area contributed by atoms with Crippen LogP contribution >= 0.6 is 0 Å². The fourth-order valence-electron chi connectivity index (χ4n) is 1.88. The van der Waals surface area contributed by atoms with Gasteiger partial charge >= 0.3 is 6.03 Å². The number of pyridine rings is 1. The number of aryl methyl sites for hydroxylation is 1. The van der Waals surface area contributed by atoms with Crippen molar-refractivity contribution in [1.29, 1.82) is 0 Å². The van der Waals surface area contributed by atoms with Gasteiger partial charge < -0.3 is 15.4 Å². The average Bonchev–Trinajstić information content (AvgIpc) is 2.49. The lowest BCUT2D eigenvalue weighted by molar-refractivity contribution is 0.251. The van der Waals surface area contributed by atoms with Crippen LogP contribution in [0.3, 0.4) is 0 Å². The van der Waals surface area contributed by atoms with Crippen molar-refractivity contribution in [3.63, 3.8) is 0 Å². The molecular formula is C16H19N3O2. The van der Waals surface area contributed by atoms with E-state index in [0.717, 1.165) is 22.6 Å². The summed E-state index contributed by atoms with van der Waals surface area (Å²) in [5.41, 5.74) is 2.68. The number of hydrogen-bond acceptors (Lipinski definition) is 3. The molecule has 110 valence electrons. The highest BCUT2D eigenvalue weighted by Gasteiger charge is 2.05. The van der Waals surface area contributed by atoms with Crippen LogP contribution in [0, 0.1) is 6.92 Å². The van der Waals surface area contributed by atoms with E-state index in [9.17, 15) is 4.79 Å². The molecule has 1 aromatic heterocycles. The summed E-state index contributed by atoms with van der Waals surface area (Å²) >= 11 is 0. The normalized spacial score (nSPS) is 10.0. The molecular weight excluding hydrogens is 266 g/mol. The van der Waals surface area contributed by atoms with E-state index < -0.39 is 0 Å². The van der Waals surface area contributed by atoms with E-state index in [1.807, 2.05) is 44.2 Å². The van der Waals surface area contributed by atoms with Gasteiger partial charge in [0.15, 0.2) is 0 Å². The topological polar surface area (TPSA) is 63.2 Å². The van der Waals surface area contributed by atoms with Gasteiger partial charge in [-0.3, -0.25) is 4.98 Å². The van der Waals surface area contributed by atoms with Crippen molar-refractivity contribution in [3.8, 4) is 5.75 Å². The monoisotopic (exact) mass is 285 g/mol. The number of hydrogen-bond donors (Lipinski definition) is 2. The lowest BCUT2D eigenvalue weighted by Crippen LogP contribution is -2.28. The smallest absolute Gasteiger partial charge is 0.319 e. The summed E-state index contributed by atoms with van der Waals surface area (Å²) in [5, 5.41) is 5.62. The van der Waals surface area contributed by atoms with Crippen molar-refractivity contribution in [1.82, 2.24) is 10.3 Å². The summed E-state index contributed by atoms with van der Waals surface area (Å²) in [5.74, 6) is 0.802. The van der Waals surface area contributed by atoms with Crippen LogP contribution in [0.4, 0.5) is 10.5 Å². The number of carbonyl (C=O) groups excluding carboxylic acids is 1. The van der Waals surface area contributed by atoms with Crippen molar-refractivity contribution >= 4 is 11.7 Å². The second-order valence-corrected chi connectivity index (χ2v) is 4.58. The lowest BCUT2D eigenvalue weighted by Gasteiger charge is -2.11. The molecule has 5 heteroatoms. The summed E-state index contributed by atoms with van der Waals surface area (Å²) in [6, 6.07) is 9.09.